The fraction of sp³-hybridized carbons (Fsp3) is 0.500. The molecule has 0 amide bonds. The van der Waals surface area contributed by atoms with Gasteiger partial charge in [-0.05, 0) is 31.0 Å². The highest BCUT2D eigenvalue weighted by atomic mass is 35.5. The third-order valence-electron chi connectivity index (χ3n) is 3.97. The van der Waals surface area contributed by atoms with E-state index in [0.29, 0.717) is 11.0 Å². The standard InChI is InChI=1S/C14H17ClN2/c1-3-14(4-2)9-17(10-14)13-7-11(8-16)5-6-12(13)15/h5-7H,3-4,9-10H2,1-2H3. The van der Waals surface area contributed by atoms with Gasteiger partial charge in [0, 0.05) is 18.5 Å². The Hall–Kier alpha value is -1.20. The Bertz CT molecular complexity index is 450. The molecule has 0 aliphatic carbocycles. The van der Waals surface area contributed by atoms with Crippen molar-refractivity contribution in [1.82, 2.24) is 0 Å². The third-order valence-corrected chi connectivity index (χ3v) is 4.29. The minimum atomic E-state index is 0.450. The number of hydrogen-bond donors (Lipinski definition) is 0. The number of hydrogen-bond acceptors (Lipinski definition) is 2. The molecule has 0 spiro atoms. The normalized spacial score (nSPS) is 17.4. The molecule has 0 saturated carbocycles. The lowest BCUT2D eigenvalue weighted by Gasteiger charge is -2.51. The molecule has 17 heavy (non-hydrogen) atoms. The zero-order chi connectivity index (χ0) is 12.5. The van der Waals surface area contributed by atoms with Crippen LogP contribution in [-0.2, 0) is 0 Å². The number of nitriles is 1. The quantitative estimate of drug-likeness (QED) is 0.813. The Kier molecular flexibility index (Phi) is 3.31. The second-order valence-electron chi connectivity index (χ2n) is 4.84. The van der Waals surface area contributed by atoms with Crippen molar-refractivity contribution in [3.05, 3.63) is 28.8 Å². The monoisotopic (exact) mass is 248 g/mol. The molecular weight excluding hydrogens is 232 g/mol. The molecule has 0 aromatic heterocycles. The van der Waals surface area contributed by atoms with Crippen LogP contribution in [0.25, 0.3) is 0 Å². The average molecular weight is 249 g/mol. The molecule has 0 unspecified atom stereocenters. The summed E-state index contributed by atoms with van der Waals surface area (Å²) in [5.41, 5.74) is 2.13. The zero-order valence-corrected chi connectivity index (χ0v) is 11.1. The molecule has 90 valence electrons. The smallest absolute Gasteiger partial charge is 0.0992 e. The Labute approximate surface area is 108 Å². The van der Waals surface area contributed by atoms with Crippen LogP contribution in [0.5, 0.6) is 0 Å². The van der Waals surface area contributed by atoms with Crippen molar-refractivity contribution in [2.45, 2.75) is 26.7 Å². The van der Waals surface area contributed by atoms with Crippen molar-refractivity contribution >= 4 is 17.3 Å². The molecule has 1 heterocycles. The molecule has 1 fully saturated rings. The maximum atomic E-state index is 8.91. The van der Waals surface area contributed by atoms with Crippen molar-refractivity contribution in [3.63, 3.8) is 0 Å². The fourth-order valence-corrected chi connectivity index (χ4v) is 2.69. The summed E-state index contributed by atoms with van der Waals surface area (Å²) in [6, 6.07) is 7.62. The van der Waals surface area contributed by atoms with Crippen molar-refractivity contribution in [2.75, 3.05) is 18.0 Å². The molecule has 1 aliphatic heterocycles. The molecule has 0 radical (unpaired) electrons. The molecule has 3 heteroatoms. The molecule has 1 aliphatic rings. The van der Waals surface area contributed by atoms with E-state index in [0.717, 1.165) is 23.8 Å². The molecule has 0 atom stereocenters. The lowest BCUT2D eigenvalue weighted by Crippen LogP contribution is -2.56. The van der Waals surface area contributed by atoms with Crippen molar-refractivity contribution in [3.8, 4) is 6.07 Å². The van der Waals surface area contributed by atoms with E-state index < -0.39 is 0 Å². The molecular formula is C14H17ClN2. The first-order valence-corrected chi connectivity index (χ1v) is 6.46. The first kappa shape index (κ1) is 12.3. The van der Waals surface area contributed by atoms with E-state index in [2.05, 4.69) is 24.8 Å². The number of benzene rings is 1. The van der Waals surface area contributed by atoms with Gasteiger partial charge in [0.2, 0.25) is 0 Å². The highest BCUT2D eigenvalue weighted by Gasteiger charge is 2.40. The van der Waals surface area contributed by atoms with Crippen molar-refractivity contribution in [1.29, 1.82) is 5.26 Å². The Morgan fingerprint density at radius 3 is 2.53 bits per heavy atom. The van der Waals surface area contributed by atoms with E-state index >= 15 is 0 Å². The largest absolute Gasteiger partial charge is 0.369 e. The second-order valence-corrected chi connectivity index (χ2v) is 5.25. The van der Waals surface area contributed by atoms with Gasteiger partial charge >= 0.3 is 0 Å². The topological polar surface area (TPSA) is 27.0 Å². The number of halogens is 1. The molecule has 0 bridgehead atoms. The van der Waals surface area contributed by atoms with Crippen molar-refractivity contribution in [2.24, 2.45) is 5.41 Å². The van der Waals surface area contributed by atoms with Gasteiger partial charge in [-0.25, -0.2) is 0 Å². The number of rotatable bonds is 3. The van der Waals surface area contributed by atoms with Crippen molar-refractivity contribution < 1.29 is 0 Å². The van der Waals surface area contributed by atoms with Crippen LogP contribution >= 0.6 is 11.6 Å². The lowest BCUT2D eigenvalue weighted by atomic mass is 9.75. The molecule has 2 nitrogen and oxygen atoms in total. The van der Waals surface area contributed by atoms with E-state index in [9.17, 15) is 0 Å². The van der Waals surface area contributed by atoms with E-state index in [-0.39, 0.29) is 0 Å². The average Bonchev–Trinajstić information content (AvgIpc) is 2.31. The van der Waals surface area contributed by atoms with Gasteiger partial charge in [0.1, 0.15) is 0 Å². The summed E-state index contributed by atoms with van der Waals surface area (Å²) in [6.45, 7) is 6.59. The van der Waals surface area contributed by atoms with Gasteiger partial charge in [0.25, 0.3) is 0 Å². The number of anilines is 1. The summed E-state index contributed by atoms with van der Waals surface area (Å²) < 4.78 is 0. The van der Waals surface area contributed by atoms with Crippen LogP contribution in [0.1, 0.15) is 32.3 Å². The van der Waals surface area contributed by atoms with Gasteiger partial charge in [-0.15, -0.1) is 0 Å². The molecule has 2 rings (SSSR count). The Morgan fingerprint density at radius 1 is 1.35 bits per heavy atom. The predicted octanol–water partition coefficient (Wildman–Crippen LogP) is 3.84. The first-order valence-electron chi connectivity index (χ1n) is 6.09. The molecule has 1 aromatic rings. The molecule has 1 saturated heterocycles. The minimum absolute atomic E-state index is 0.450. The number of nitrogens with zero attached hydrogens (tertiary/aromatic N) is 2. The summed E-state index contributed by atoms with van der Waals surface area (Å²) in [7, 11) is 0. The summed E-state index contributed by atoms with van der Waals surface area (Å²) >= 11 is 6.19. The van der Waals surface area contributed by atoms with Gasteiger partial charge in [-0.3, -0.25) is 0 Å². The Balaban J connectivity index is 2.19. The fourth-order valence-electron chi connectivity index (χ4n) is 2.46. The minimum Gasteiger partial charge on any atom is -0.369 e. The van der Waals surface area contributed by atoms with E-state index in [1.807, 2.05) is 12.1 Å². The van der Waals surface area contributed by atoms with Gasteiger partial charge in [0.05, 0.1) is 22.3 Å². The van der Waals surface area contributed by atoms with Crippen LogP contribution in [0.15, 0.2) is 18.2 Å². The summed E-state index contributed by atoms with van der Waals surface area (Å²) in [5, 5.41) is 9.65. The van der Waals surface area contributed by atoms with Gasteiger partial charge in [-0.1, -0.05) is 25.4 Å². The molecule has 0 N–H and O–H groups in total. The van der Waals surface area contributed by atoms with E-state index in [4.69, 9.17) is 16.9 Å². The van der Waals surface area contributed by atoms with Crippen LogP contribution in [0.2, 0.25) is 5.02 Å². The second kappa shape index (κ2) is 4.58. The summed E-state index contributed by atoms with van der Waals surface area (Å²) in [4.78, 5) is 2.27. The van der Waals surface area contributed by atoms with Crippen LogP contribution < -0.4 is 4.90 Å². The Morgan fingerprint density at radius 2 is 2.00 bits per heavy atom. The van der Waals surface area contributed by atoms with Gasteiger partial charge < -0.3 is 4.90 Å². The molecule has 1 aromatic carbocycles. The van der Waals surface area contributed by atoms with Crippen LogP contribution in [0.3, 0.4) is 0 Å². The van der Waals surface area contributed by atoms with Gasteiger partial charge in [-0.2, -0.15) is 5.26 Å². The van der Waals surface area contributed by atoms with E-state index in [1.54, 1.807) is 6.07 Å². The summed E-state index contributed by atoms with van der Waals surface area (Å²) in [5.74, 6) is 0. The van der Waals surface area contributed by atoms with Gasteiger partial charge in [0.15, 0.2) is 0 Å². The summed E-state index contributed by atoms with van der Waals surface area (Å²) in [6.07, 6.45) is 2.41. The third kappa shape index (κ3) is 2.12. The van der Waals surface area contributed by atoms with Crippen LogP contribution in [0.4, 0.5) is 5.69 Å². The van der Waals surface area contributed by atoms with Crippen LogP contribution in [0, 0.1) is 16.7 Å². The SMILES string of the molecule is CCC1(CC)CN(c2cc(C#N)ccc2Cl)C1. The lowest BCUT2D eigenvalue weighted by molar-refractivity contribution is 0.194. The van der Waals surface area contributed by atoms with Crippen LogP contribution in [-0.4, -0.2) is 13.1 Å². The highest BCUT2D eigenvalue weighted by molar-refractivity contribution is 6.33. The van der Waals surface area contributed by atoms with E-state index in [1.165, 1.54) is 12.8 Å². The first-order chi connectivity index (χ1) is 8.14. The highest BCUT2D eigenvalue weighted by Crippen LogP contribution is 2.42. The maximum absolute atomic E-state index is 8.91. The predicted molar refractivity (Wildman–Crippen MR) is 71.4 cm³/mol. The zero-order valence-electron chi connectivity index (χ0n) is 10.3. The maximum Gasteiger partial charge on any atom is 0.0992 e.